The van der Waals surface area contributed by atoms with Crippen LogP contribution < -0.4 is 5.73 Å². The van der Waals surface area contributed by atoms with E-state index in [4.69, 9.17) is 5.73 Å². The number of alkyl halides is 3. The fourth-order valence-corrected chi connectivity index (χ4v) is 1.65. The maximum atomic E-state index is 12.8. The normalized spacial score (nSPS) is 12.6. The van der Waals surface area contributed by atoms with E-state index in [0.717, 1.165) is 10.7 Å². The highest BCUT2D eigenvalue weighted by Gasteiger charge is 2.37. The van der Waals surface area contributed by atoms with Crippen LogP contribution in [0.1, 0.15) is 31.0 Å². The van der Waals surface area contributed by atoms with Crippen molar-refractivity contribution in [3.8, 4) is 0 Å². The third-order valence-electron chi connectivity index (χ3n) is 2.47. The molecule has 2 heterocycles. The van der Waals surface area contributed by atoms with Crippen LogP contribution in [0.4, 0.5) is 18.9 Å². The molecule has 0 aliphatic rings. The van der Waals surface area contributed by atoms with E-state index in [1.54, 1.807) is 0 Å². The van der Waals surface area contributed by atoms with Crippen molar-refractivity contribution in [3.63, 3.8) is 0 Å². The van der Waals surface area contributed by atoms with Gasteiger partial charge in [0.2, 0.25) is 0 Å². The summed E-state index contributed by atoms with van der Waals surface area (Å²) in [6, 6.07) is 0. The minimum absolute atomic E-state index is 0.0460. The second-order valence-corrected chi connectivity index (χ2v) is 4.05. The van der Waals surface area contributed by atoms with Crippen molar-refractivity contribution in [2.75, 3.05) is 5.73 Å². The summed E-state index contributed by atoms with van der Waals surface area (Å²) in [5.74, 6) is 0.0460. The first-order chi connectivity index (χ1) is 7.82. The highest BCUT2D eigenvalue weighted by Crippen LogP contribution is 2.34. The number of nitrogen functional groups attached to an aromatic ring is 1. The van der Waals surface area contributed by atoms with Crippen LogP contribution >= 0.6 is 0 Å². The van der Waals surface area contributed by atoms with Crippen LogP contribution in [0, 0.1) is 0 Å². The molecule has 4 nitrogen and oxygen atoms in total. The minimum atomic E-state index is -4.55. The molecule has 0 unspecified atom stereocenters. The van der Waals surface area contributed by atoms with Gasteiger partial charge in [-0.05, 0) is 5.92 Å². The summed E-state index contributed by atoms with van der Waals surface area (Å²) < 4.78 is 39.2. The van der Waals surface area contributed by atoms with Gasteiger partial charge in [-0.1, -0.05) is 13.8 Å². The largest absolute Gasteiger partial charge is 0.435 e. The number of halogens is 3. The highest BCUT2D eigenvalue weighted by atomic mass is 19.4. The molecule has 92 valence electrons. The Bertz CT molecular complexity index is 556. The van der Waals surface area contributed by atoms with Crippen LogP contribution in [0.15, 0.2) is 12.4 Å². The minimum Gasteiger partial charge on any atom is -0.396 e. The predicted molar refractivity (Wildman–Crippen MR) is 56.5 cm³/mol. The fraction of sp³-hybridized carbons (Fsp3) is 0.400. The van der Waals surface area contributed by atoms with Gasteiger partial charge in [0.25, 0.3) is 0 Å². The molecule has 17 heavy (non-hydrogen) atoms. The summed E-state index contributed by atoms with van der Waals surface area (Å²) >= 11 is 0. The van der Waals surface area contributed by atoms with Gasteiger partial charge in [0.1, 0.15) is 0 Å². The van der Waals surface area contributed by atoms with Crippen molar-refractivity contribution in [1.29, 1.82) is 0 Å². The van der Waals surface area contributed by atoms with Crippen LogP contribution in [0.2, 0.25) is 0 Å². The SMILES string of the molecule is CC(C)c1cnn2c(C(F)(F)F)c(N)cnc12. The molecule has 2 rings (SSSR count). The van der Waals surface area contributed by atoms with Crippen molar-refractivity contribution in [2.24, 2.45) is 0 Å². The van der Waals surface area contributed by atoms with Crippen molar-refractivity contribution in [1.82, 2.24) is 14.6 Å². The Morgan fingerprint density at radius 1 is 1.29 bits per heavy atom. The number of rotatable bonds is 1. The lowest BCUT2D eigenvalue weighted by atomic mass is 10.1. The summed E-state index contributed by atoms with van der Waals surface area (Å²) in [4.78, 5) is 3.91. The third kappa shape index (κ3) is 1.81. The lowest BCUT2D eigenvalue weighted by molar-refractivity contribution is -0.141. The number of fused-ring (bicyclic) bond motifs is 1. The van der Waals surface area contributed by atoms with Crippen molar-refractivity contribution >= 4 is 11.3 Å². The standard InChI is InChI=1S/C10H11F3N4/c1-5(2)6-3-16-17-8(10(11,12)13)7(14)4-15-9(6)17/h3-5H,14H2,1-2H3. The van der Waals surface area contributed by atoms with E-state index >= 15 is 0 Å². The van der Waals surface area contributed by atoms with E-state index in [0.29, 0.717) is 5.56 Å². The molecule has 0 aliphatic heterocycles. The molecule has 0 fully saturated rings. The Kier molecular flexibility index (Phi) is 2.48. The third-order valence-corrected chi connectivity index (χ3v) is 2.47. The Morgan fingerprint density at radius 3 is 2.47 bits per heavy atom. The lowest BCUT2D eigenvalue weighted by Gasteiger charge is -2.11. The second-order valence-electron chi connectivity index (χ2n) is 4.05. The van der Waals surface area contributed by atoms with E-state index in [1.807, 2.05) is 13.8 Å². The molecule has 0 saturated heterocycles. The zero-order valence-corrected chi connectivity index (χ0v) is 9.28. The van der Waals surface area contributed by atoms with Gasteiger partial charge in [-0.2, -0.15) is 18.3 Å². The molecule has 0 bridgehead atoms. The summed E-state index contributed by atoms with van der Waals surface area (Å²) in [7, 11) is 0. The molecule has 2 aromatic rings. The van der Waals surface area contributed by atoms with Crippen molar-refractivity contribution < 1.29 is 13.2 Å². The Labute approximate surface area is 95.3 Å². The van der Waals surface area contributed by atoms with Gasteiger partial charge in [0.15, 0.2) is 11.3 Å². The molecular weight excluding hydrogens is 233 g/mol. The maximum absolute atomic E-state index is 12.8. The smallest absolute Gasteiger partial charge is 0.396 e. The van der Waals surface area contributed by atoms with Gasteiger partial charge in [-0.15, -0.1) is 0 Å². The first-order valence-electron chi connectivity index (χ1n) is 5.01. The molecule has 0 aromatic carbocycles. The van der Waals surface area contributed by atoms with Crippen LogP contribution in [0.25, 0.3) is 5.65 Å². The average molecular weight is 244 g/mol. The first-order valence-corrected chi connectivity index (χ1v) is 5.01. The zero-order chi connectivity index (χ0) is 12.8. The van der Waals surface area contributed by atoms with E-state index < -0.39 is 17.6 Å². The molecule has 2 N–H and O–H groups in total. The topological polar surface area (TPSA) is 56.2 Å². The number of nitrogens with zero attached hydrogens (tertiary/aromatic N) is 3. The van der Waals surface area contributed by atoms with E-state index in [1.165, 1.54) is 6.20 Å². The summed E-state index contributed by atoms with van der Waals surface area (Å²) in [5.41, 5.74) is 4.77. The molecule has 0 aliphatic carbocycles. The van der Waals surface area contributed by atoms with Crippen molar-refractivity contribution in [2.45, 2.75) is 25.9 Å². The Balaban J connectivity index is 2.80. The molecule has 2 aromatic heterocycles. The van der Waals surface area contributed by atoms with Gasteiger partial charge in [-0.3, -0.25) is 0 Å². The molecule has 7 heteroatoms. The van der Waals surface area contributed by atoms with Crippen LogP contribution in [-0.2, 0) is 6.18 Å². The average Bonchev–Trinajstić information content (AvgIpc) is 2.58. The quantitative estimate of drug-likeness (QED) is 0.838. The Morgan fingerprint density at radius 2 is 1.94 bits per heavy atom. The second kappa shape index (κ2) is 3.61. The molecule has 0 amide bonds. The predicted octanol–water partition coefficient (Wildman–Crippen LogP) is 2.45. The number of anilines is 1. The monoisotopic (exact) mass is 244 g/mol. The van der Waals surface area contributed by atoms with Gasteiger partial charge < -0.3 is 5.73 Å². The highest BCUT2D eigenvalue weighted by molar-refractivity contribution is 5.55. The Hall–Kier alpha value is -1.79. The zero-order valence-electron chi connectivity index (χ0n) is 9.28. The van der Waals surface area contributed by atoms with E-state index in [2.05, 4.69) is 10.1 Å². The van der Waals surface area contributed by atoms with Crippen molar-refractivity contribution in [3.05, 3.63) is 23.7 Å². The molecule has 0 spiro atoms. The van der Waals surface area contributed by atoms with E-state index in [-0.39, 0.29) is 11.6 Å². The number of hydrogen-bond donors (Lipinski definition) is 1. The summed E-state index contributed by atoms with van der Waals surface area (Å²) in [6.45, 7) is 3.73. The van der Waals surface area contributed by atoms with Gasteiger partial charge in [0, 0.05) is 5.56 Å². The van der Waals surface area contributed by atoms with Crippen LogP contribution in [-0.4, -0.2) is 14.6 Å². The molecule has 0 saturated carbocycles. The van der Waals surface area contributed by atoms with Crippen LogP contribution in [0.5, 0.6) is 0 Å². The van der Waals surface area contributed by atoms with Gasteiger partial charge in [-0.25, -0.2) is 9.50 Å². The lowest BCUT2D eigenvalue weighted by Crippen LogP contribution is -2.16. The number of nitrogens with two attached hydrogens (primary N) is 1. The number of hydrogen-bond acceptors (Lipinski definition) is 3. The van der Waals surface area contributed by atoms with Gasteiger partial charge in [0.05, 0.1) is 18.1 Å². The number of aromatic nitrogens is 3. The molecule has 0 radical (unpaired) electrons. The van der Waals surface area contributed by atoms with Gasteiger partial charge >= 0.3 is 6.18 Å². The first kappa shape index (κ1) is 11.7. The maximum Gasteiger partial charge on any atom is 0.435 e. The molecule has 0 atom stereocenters. The molecular formula is C10H11F3N4. The fourth-order valence-electron chi connectivity index (χ4n) is 1.65. The van der Waals surface area contributed by atoms with Crippen LogP contribution in [0.3, 0.4) is 0 Å². The summed E-state index contributed by atoms with van der Waals surface area (Å²) in [5, 5.41) is 3.72. The van der Waals surface area contributed by atoms with E-state index in [9.17, 15) is 13.2 Å². The summed E-state index contributed by atoms with van der Waals surface area (Å²) in [6.07, 6.45) is -2.14.